The van der Waals surface area contributed by atoms with E-state index in [9.17, 15) is 0 Å². The van der Waals surface area contributed by atoms with E-state index >= 15 is 0 Å². The fourth-order valence-electron chi connectivity index (χ4n) is 0. The molecule has 0 aliphatic rings. The van der Waals surface area contributed by atoms with E-state index < -0.39 is 0 Å². The quantitative estimate of drug-likeness (QED) is 0.331. The molecule has 0 saturated carbocycles. The normalized spacial score (nSPS) is 0. The molecule has 0 rings (SSSR count). The summed E-state index contributed by atoms with van der Waals surface area (Å²) in [7, 11) is 0. The van der Waals surface area contributed by atoms with Crippen molar-refractivity contribution in [3.63, 3.8) is 0 Å². The van der Waals surface area contributed by atoms with E-state index in [0.717, 1.165) is 0 Å². The first-order valence-electron chi connectivity index (χ1n) is 0. The first-order valence-corrected chi connectivity index (χ1v) is 0. The van der Waals surface area contributed by atoms with Crippen LogP contribution in [0.15, 0.2) is 0 Å². The Labute approximate surface area is 76.5 Å². The predicted molar refractivity (Wildman–Crippen MR) is 6.44 cm³/mol. The first-order chi connectivity index (χ1) is 0. The summed E-state index contributed by atoms with van der Waals surface area (Å²) in [6.45, 7) is 0. The van der Waals surface area contributed by atoms with Gasteiger partial charge in [0, 0.05) is 0 Å². The third-order valence-corrected chi connectivity index (χ3v) is 0. The maximum Gasteiger partial charge on any atom is 2.00 e. The van der Waals surface area contributed by atoms with E-state index in [2.05, 4.69) is 0 Å². The molecule has 4 heteroatoms. The molecule has 0 saturated heterocycles. The third kappa shape index (κ3) is 8.96. The Kier molecular flexibility index (Phi) is 180. The molecule has 0 fully saturated rings. The third-order valence-electron chi connectivity index (χ3n) is 0. The minimum Gasteiger partial charge on any atom is -2.00 e. The molecule has 0 aliphatic carbocycles. The van der Waals surface area contributed by atoms with Gasteiger partial charge in [0.15, 0.2) is 0 Å². The molecular weight excluding hydrogens is 179 g/mol. The second kappa shape index (κ2) is 19.7. The van der Waals surface area contributed by atoms with E-state index in [1.54, 1.807) is 0 Å². The van der Waals surface area contributed by atoms with Crippen molar-refractivity contribution >= 4 is 48.9 Å². The summed E-state index contributed by atoms with van der Waals surface area (Å²) in [6, 6.07) is 0. The van der Waals surface area contributed by atoms with Gasteiger partial charge in [-0.1, -0.05) is 0 Å². The van der Waals surface area contributed by atoms with Crippen LogP contribution in [0.3, 0.4) is 0 Å². The van der Waals surface area contributed by atoms with Gasteiger partial charge in [-0.25, -0.2) is 0 Å². The summed E-state index contributed by atoms with van der Waals surface area (Å²) in [5.41, 5.74) is 0. The maximum atomic E-state index is 0. The summed E-state index contributed by atoms with van der Waals surface area (Å²) in [4.78, 5) is 0. The molecule has 16 valence electrons. The van der Waals surface area contributed by atoms with Crippen LogP contribution in [0.25, 0.3) is 0 Å². The van der Waals surface area contributed by atoms with Crippen LogP contribution in [0, 0.1) is 0 Å². The smallest absolute Gasteiger partial charge is 2.00 e. The number of hydrogen-bond donors (Lipinski definition) is 0. The average molecular weight is 179 g/mol. The first kappa shape index (κ1) is 36.6. The molecule has 0 N–H and O–H groups in total. The summed E-state index contributed by atoms with van der Waals surface area (Å²) >= 11 is 0. The molecule has 0 atom stereocenters. The Hall–Kier alpha value is 2.06. The van der Waals surface area contributed by atoms with Crippen LogP contribution < -0.4 is 23.6 Å². The van der Waals surface area contributed by atoms with E-state index in [1.807, 2.05) is 0 Å². The van der Waals surface area contributed by atoms with Gasteiger partial charge in [-0.3, -0.25) is 0 Å². The van der Waals surface area contributed by atoms with Crippen LogP contribution in [0.2, 0.25) is 0 Å². The summed E-state index contributed by atoms with van der Waals surface area (Å²) < 4.78 is 0. The minimum absolute atomic E-state index is 0. The molecule has 0 amide bonds. The largest absolute Gasteiger partial charge is 2.00 e. The standard InChI is InChI=1S/Ba.FH.Li.O/h;1H;;/q+2;;+1;-2/p-1. The number of halogens is 1. The fourth-order valence-corrected chi connectivity index (χ4v) is 0. The van der Waals surface area contributed by atoms with Crippen LogP contribution >= 0.6 is 0 Å². The Balaban J connectivity index is 0. The zero-order valence-electron chi connectivity index (χ0n) is 2.49. The van der Waals surface area contributed by atoms with Crippen LogP contribution in [0.4, 0.5) is 0 Å². The van der Waals surface area contributed by atoms with E-state index in [-0.39, 0.29) is 77.9 Å². The van der Waals surface area contributed by atoms with Crippen molar-refractivity contribution in [3.8, 4) is 0 Å². The van der Waals surface area contributed by atoms with Gasteiger partial charge in [0.05, 0.1) is 0 Å². The van der Waals surface area contributed by atoms with Gasteiger partial charge in [0.25, 0.3) is 0 Å². The molecule has 0 unspecified atom stereocenters. The average Bonchev–Trinajstić information content (AvgIpc) is 0. The Morgan fingerprint density at radius 1 is 1.00 bits per heavy atom. The van der Waals surface area contributed by atoms with Crippen molar-refractivity contribution in [1.82, 2.24) is 0 Å². The van der Waals surface area contributed by atoms with Gasteiger partial charge in [-0.05, 0) is 0 Å². The molecule has 0 radical (unpaired) electrons. The van der Waals surface area contributed by atoms with Gasteiger partial charge in [-0.15, -0.1) is 0 Å². The molecule has 0 heterocycles. The number of rotatable bonds is 0. The fraction of sp³-hybridized carbons (Fsp3) is 0. The maximum absolute atomic E-state index is 0. The molecule has 0 aliphatic heterocycles. The van der Waals surface area contributed by atoms with E-state index in [1.165, 1.54) is 0 Å². The van der Waals surface area contributed by atoms with Gasteiger partial charge in [-0.2, -0.15) is 0 Å². The molecule has 4 heavy (non-hydrogen) atoms. The second-order valence-electron chi connectivity index (χ2n) is 0. The van der Waals surface area contributed by atoms with Gasteiger partial charge in [0.1, 0.15) is 0 Å². The molecular formula is BaFLiO. The molecule has 0 aromatic rings. The molecule has 0 aromatic heterocycles. The monoisotopic (exact) mass is 180 g/mol. The predicted octanol–water partition coefficient (Wildman–Crippen LogP) is -6.49. The SMILES string of the molecule is [Ba+2].[F-].[Li+].[O-2]. The minimum atomic E-state index is 0. The van der Waals surface area contributed by atoms with Crippen LogP contribution in [0.1, 0.15) is 0 Å². The van der Waals surface area contributed by atoms with Crippen molar-refractivity contribution in [1.29, 1.82) is 0 Å². The molecule has 0 bridgehead atoms. The van der Waals surface area contributed by atoms with Crippen LogP contribution in [0.5, 0.6) is 0 Å². The zero-order valence-corrected chi connectivity index (χ0v) is 6.93. The summed E-state index contributed by atoms with van der Waals surface area (Å²) in [5, 5.41) is 0. The Bertz CT molecular complexity index is 8.00. The van der Waals surface area contributed by atoms with Crippen LogP contribution in [-0.4, -0.2) is 48.9 Å². The summed E-state index contributed by atoms with van der Waals surface area (Å²) in [5.74, 6) is 0. The van der Waals surface area contributed by atoms with Crippen molar-refractivity contribution in [2.45, 2.75) is 0 Å². The van der Waals surface area contributed by atoms with E-state index in [4.69, 9.17) is 0 Å². The van der Waals surface area contributed by atoms with Crippen LogP contribution in [-0.2, 0) is 5.48 Å². The van der Waals surface area contributed by atoms with E-state index in [0.29, 0.717) is 0 Å². The van der Waals surface area contributed by atoms with Crippen molar-refractivity contribution in [2.24, 2.45) is 0 Å². The van der Waals surface area contributed by atoms with Crippen molar-refractivity contribution in [2.75, 3.05) is 0 Å². The molecule has 0 spiro atoms. The van der Waals surface area contributed by atoms with Gasteiger partial charge < -0.3 is 10.2 Å². The second-order valence-corrected chi connectivity index (χ2v) is 0. The molecule has 0 aromatic carbocycles. The van der Waals surface area contributed by atoms with Crippen molar-refractivity contribution in [3.05, 3.63) is 0 Å². The van der Waals surface area contributed by atoms with Crippen molar-refractivity contribution < 1.29 is 29.0 Å². The zero-order chi connectivity index (χ0) is 0. The topological polar surface area (TPSA) is 28.5 Å². The molecule has 1 nitrogen and oxygen atoms in total. The number of hydrogen-bond acceptors (Lipinski definition) is 0. The van der Waals surface area contributed by atoms with Gasteiger partial charge >= 0.3 is 67.7 Å². The summed E-state index contributed by atoms with van der Waals surface area (Å²) in [6.07, 6.45) is 0. The van der Waals surface area contributed by atoms with Gasteiger partial charge in [0.2, 0.25) is 0 Å². The Morgan fingerprint density at radius 2 is 1.00 bits per heavy atom. The Morgan fingerprint density at radius 3 is 1.00 bits per heavy atom.